The van der Waals surface area contributed by atoms with E-state index in [-0.39, 0.29) is 0 Å². The van der Waals surface area contributed by atoms with Crippen molar-refractivity contribution < 1.29 is 9.59 Å². The predicted octanol–water partition coefficient (Wildman–Crippen LogP) is 6.37. The van der Waals surface area contributed by atoms with Gasteiger partial charge in [-0.1, -0.05) is 117 Å². The first kappa shape index (κ1) is 30.7. The summed E-state index contributed by atoms with van der Waals surface area (Å²) in [7, 11) is 0. The maximum atomic E-state index is 10.5. The van der Waals surface area contributed by atoms with Crippen molar-refractivity contribution in [1.82, 2.24) is 10.6 Å². The van der Waals surface area contributed by atoms with Gasteiger partial charge in [0.15, 0.2) is 0 Å². The Morgan fingerprint density at radius 2 is 0.733 bits per heavy atom. The number of primary amides is 2. The molecule has 0 aromatic rings. The highest BCUT2D eigenvalue weighted by Gasteiger charge is 1.95. The minimum atomic E-state index is -0.432. The fourth-order valence-corrected chi connectivity index (χ4v) is 3.27. The fraction of sp³-hybridized carbons (Fsp3) is 0.917. The lowest BCUT2D eigenvalue weighted by Gasteiger charge is -2.04. The molecule has 0 fully saturated rings. The normalized spacial score (nSPS) is 10.2. The molecule has 0 aromatic carbocycles. The fourth-order valence-electron chi connectivity index (χ4n) is 3.27. The number of carbonyl (C=O) groups excluding carboxylic acids is 2. The minimum Gasteiger partial charge on any atom is -0.352 e. The molecule has 0 spiro atoms. The third kappa shape index (κ3) is 34.1. The van der Waals surface area contributed by atoms with E-state index in [9.17, 15) is 9.59 Å². The van der Waals surface area contributed by atoms with Crippen LogP contribution in [0.1, 0.15) is 129 Å². The van der Waals surface area contributed by atoms with Crippen LogP contribution in [0.25, 0.3) is 0 Å². The van der Waals surface area contributed by atoms with Gasteiger partial charge in [-0.05, 0) is 12.8 Å². The summed E-state index contributed by atoms with van der Waals surface area (Å²) < 4.78 is 0. The quantitative estimate of drug-likeness (QED) is 0.169. The summed E-state index contributed by atoms with van der Waals surface area (Å²) in [5.74, 6) is 0. The summed E-state index contributed by atoms with van der Waals surface area (Å²) in [6, 6.07) is -0.834. The van der Waals surface area contributed by atoms with Gasteiger partial charge >= 0.3 is 12.1 Å². The van der Waals surface area contributed by atoms with Gasteiger partial charge in [-0.2, -0.15) is 0 Å². The summed E-state index contributed by atoms with van der Waals surface area (Å²) >= 11 is 0. The van der Waals surface area contributed by atoms with Crippen molar-refractivity contribution >= 4 is 12.1 Å². The van der Waals surface area contributed by atoms with E-state index >= 15 is 0 Å². The zero-order chi connectivity index (χ0) is 22.7. The van der Waals surface area contributed by atoms with Gasteiger partial charge in [0, 0.05) is 13.1 Å². The smallest absolute Gasteiger partial charge is 0.312 e. The molecule has 0 aliphatic heterocycles. The number of hydrogen-bond donors (Lipinski definition) is 4. The number of unbranched alkanes of at least 4 members (excludes halogenated alkanes) is 16. The van der Waals surface area contributed by atoms with E-state index in [4.69, 9.17) is 11.5 Å². The van der Waals surface area contributed by atoms with Crippen LogP contribution >= 0.6 is 0 Å². The second-order valence-electron chi connectivity index (χ2n) is 8.24. The van der Waals surface area contributed by atoms with Crippen molar-refractivity contribution in [1.29, 1.82) is 0 Å². The SMILES string of the molecule is CCCCCCCCCCCCCCCCCCNC(N)=O.CCCCNC(N)=O. The Hall–Kier alpha value is -1.46. The topological polar surface area (TPSA) is 110 Å². The van der Waals surface area contributed by atoms with Crippen molar-refractivity contribution in [2.75, 3.05) is 13.1 Å². The second kappa shape index (κ2) is 27.5. The van der Waals surface area contributed by atoms with E-state index in [0.717, 1.165) is 25.8 Å². The molecule has 0 aromatic heterocycles. The molecule has 30 heavy (non-hydrogen) atoms. The Kier molecular flexibility index (Phi) is 28.2. The van der Waals surface area contributed by atoms with Crippen LogP contribution in [0.5, 0.6) is 0 Å². The number of amides is 4. The van der Waals surface area contributed by atoms with E-state index in [1.54, 1.807) is 0 Å². The lowest BCUT2D eigenvalue weighted by molar-refractivity contribution is 0.248. The molecule has 6 N–H and O–H groups in total. The Labute approximate surface area is 186 Å². The maximum absolute atomic E-state index is 10.5. The first-order chi connectivity index (χ1) is 14.5. The van der Waals surface area contributed by atoms with E-state index in [2.05, 4.69) is 24.5 Å². The number of rotatable bonds is 20. The molecule has 0 aliphatic carbocycles. The summed E-state index contributed by atoms with van der Waals surface area (Å²) in [6.45, 7) is 5.77. The van der Waals surface area contributed by atoms with Gasteiger partial charge in [0.1, 0.15) is 0 Å². The van der Waals surface area contributed by atoms with E-state index < -0.39 is 12.1 Å². The van der Waals surface area contributed by atoms with Crippen molar-refractivity contribution in [3.05, 3.63) is 0 Å². The van der Waals surface area contributed by atoms with Crippen LogP contribution in [0.4, 0.5) is 9.59 Å². The standard InChI is InChI=1S/C19H40N2O.C5H12N2O/c1-2-3-4-5-6-7-8-9-10-11-12-13-14-15-16-17-18-21-19(20)22;1-2-3-4-7-5(6)8/h2-18H2,1H3,(H3,20,21,22);2-4H2,1H3,(H3,6,7,8). The van der Waals surface area contributed by atoms with Crippen LogP contribution in [-0.2, 0) is 0 Å². The van der Waals surface area contributed by atoms with Gasteiger partial charge < -0.3 is 22.1 Å². The lowest BCUT2D eigenvalue weighted by atomic mass is 10.0. The molecule has 0 radical (unpaired) electrons. The van der Waals surface area contributed by atoms with Crippen LogP contribution in [-0.4, -0.2) is 25.2 Å². The number of hydrogen-bond acceptors (Lipinski definition) is 2. The van der Waals surface area contributed by atoms with Crippen molar-refractivity contribution in [2.24, 2.45) is 11.5 Å². The van der Waals surface area contributed by atoms with Gasteiger partial charge in [0.05, 0.1) is 0 Å². The van der Waals surface area contributed by atoms with E-state index in [1.165, 1.54) is 96.3 Å². The molecule has 0 atom stereocenters. The molecule has 0 bridgehead atoms. The minimum absolute atomic E-state index is 0.402. The Morgan fingerprint density at radius 3 is 1.03 bits per heavy atom. The Morgan fingerprint density at radius 1 is 0.467 bits per heavy atom. The molecule has 6 nitrogen and oxygen atoms in total. The van der Waals surface area contributed by atoms with Crippen molar-refractivity contribution in [2.45, 2.75) is 129 Å². The summed E-state index contributed by atoms with van der Waals surface area (Å²) in [5, 5.41) is 5.12. The van der Waals surface area contributed by atoms with Gasteiger partial charge in [-0.3, -0.25) is 0 Å². The largest absolute Gasteiger partial charge is 0.352 e. The monoisotopic (exact) mass is 428 g/mol. The molecule has 6 heteroatoms. The number of urea groups is 2. The van der Waals surface area contributed by atoms with Gasteiger partial charge in [0.25, 0.3) is 0 Å². The van der Waals surface area contributed by atoms with Crippen LogP contribution in [0.15, 0.2) is 0 Å². The van der Waals surface area contributed by atoms with Crippen LogP contribution in [0.2, 0.25) is 0 Å². The van der Waals surface area contributed by atoms with Gasteiger partial charge in [-0.25, -0.2) is 9.59 Å². The average molecular weight is 429 g/mol. The first-order valence-corrected chi connectivity index (χ1v) is 12.6. The predicted molar refractivity (Wildman–Crippen MR) is 130 cm³/mol. The molecule has 0 heterocycles. The van der Waals surface area contributed by atoms with Gasteiger partial charge in [0.2, 0.25) is 0 Å². The number of carbonyl (C=O) groups is 2. The third-order valence-electron chi connectivity index (χ3n) is 5.16. The summed E-state index contributed by atoms with van der Waals surface area (Å²) in [6.07, 6.45) is 24.0. The molecule has 0 saturated heterocycles. The molecule has 0 aliphatic rings. The maximum Gasteiger partial charge on any atom is 0.312 e. The highest BCUT2D eigenvalue weighted by Crippen LogP contribution is 2.13. The van der Waals surface area contributed by atoms with Crippen molar-refractivity contribution in [3.63, 3.8) is 0 Å². The number of nitrogens with one attached hydrogen (secondary N) is 2. The molecular weight excluding hydrogens is 376 g/mol. The third-order valence-corrected chi connectivity index (χ3v) is 5.16. The van der Waals surface area contributed by atoms with E-state index in [0.29, 0.717) is 6.54 Å². The molecule has 4 amide bonds. The Bertz CT molecular complexity index is 365. The van der Waals surface area contributed by atoms with Crippen LogP contribution in [0.3, 0.4) is 0 Å². The second-order valence-corrected chi connectivity index (χ2v) is 8.24. The summed E-state index contributed by atoms with van der Waals surface area (Å²) in [5.41, 5.74) is 9.79. The summed E-state index contributed by atoms with van der Waals surface area (Å²) in [4.78, 5) is 20.5. The molecule has 0 saturated carbocycles. The van der Waals surface area contributed by atoms with Crippen LogP contribution < -0.4 is 22.1 Å². The zero-order valence-corrected chi connectivity index (χ0v) is 20.1. The molecule has 180 valence electrons. The zero-order valence-electron chi connectivity index (χ0n) is 20.1. The molecular formula is C24H52N4O2. The van der Waals surface area contributed by atoms with Crippen molar-refractivity contribution in [3.8, 4) is 0 Å². The average Bonchev–Trinajstić information content (AvgIpc) is 2.70. The van der Waals surface area contributed by atoms with Gasteiger partial charge in [-0.15, -0.1) is 0 Å². The molecule has 0 unspecified atom stereocenters. The first-order valence-electron chi connectivity index (χ1n) is 12.6. The van der Waals surface area contributed by atoms with Crippen LogP contribution in [0, 0.1) is 0 Å². The van der Waals surface area contributed by atoms with E-state index in [1.807, 2.05) is 0 Å². The highest BCUT2D eigenvalue weighted by molar-refractivity contribution is 5.71. The number of nitrogens with two attached hydrogens (primary N) is 2. The molecule has 0 rings (SSSR count). The Balaban J connectivity index is 0. The highest BCUT2D eigenvalue weighted by atomic mass is 16.2. The lowest BCUT2D eigenvalue weighted by Crippen LogP contribution is -2.29.